The third-order valence-electron chi connectivity index (χ3n) is 16.3. The van der Waals surface area contributed by atoms with Crippen LogP contribution in [0.1, 0.15) is 133 Å². The van der Waals surface area contributed by atoms with E-state index in [1.165, 1.54) is 40.7 Å². The second-order valence-corrected chi connectivity index (χ2v) is 19.9. The molecule has 6 rings (SSSR count). The smallest absolute Gasteiger partial charge is 0.339 e. The minimum absolute atomic E-state index is 0.0230. The van der Waals surface area contributed by atoms with Crippen molar-refractivity contribution in [1.29, 1.82) is 0 Å². The number of hydrogen-bond acceptors (Lipinski definition) is 11. The standard InChI is InChI=1S/C43H66O11/c1-24(44)50-23-39(6)18-19-40(7)20-21-42(9)27(28(40)22-39)12-13-30-41(8)16-15-31(38(4,5)29(41)14-17-43(30,42)10)53-37-32(47)33(51-25(2)45)34(52-26(3)46)35(54-37)36(48)49-11/h12,28-35,37,47H,13-23H2,1-11H3/t28-,29-,30+,31-,32+,33+,34-,35-,37-,39-,40+,41-,42+,43+/m0/s1. The van der Waals surface area contributed by atoms with Crippen molar-refractivity contribution in [2.45, 2.75) is 170 Å². The van der Waals surface area contributed by atoms with Gasteiger partial charge in [0.25, 0.3) is 0 Å². The average molecular weight is 759 g/mol. The highest BCUT2D eigenvalue weighted by Crippen LogP contribution is 2.76. The monoisotopic (exact) mass is 758 g/mol. The van der Waals surface area contributed by atoms with Gasteiger partial charge in [0.05, 0.1) is 19.8 Å². The number of aliphatic hydroxyl groups is 1. The van der Waals surface area contributed by atoms with Gasteiger partial charge in [0.15, 0.2) is 24.6 Å². The van der Waals surface area contributed by atoms with Crippen LogP contribution in [-0.2, 0) is 47.6 Å². The Labute approximate surface area is 321 Å². The van der Waals surface area contributed by atoms with E-state index < -0.39 is 48.6 Å². The summed E-state index contributed by atoms with van der Waals surface area (Å²) in [5, 5.41) is 11.5. The van der Waals surface area contributed by atoms with Crippen LogP contribution < -0.4 is 0 Å². The lowest BCUT2D eigenvalue weighted by Gasteiger charge is -2.71. The third kappa shape index (κ3) is 6.63. The molecule has 11 heteroatoms. The summed E-state index contributed by atoms with van der Waals surface area (Å²) in [4.78, 5) is 48.9. The van der Waals surface area contributed by atoms with Crippen molar-refractivity contribution in [3.8, 4) is 0 Å². The van der Waals surface area contributed by atoms with Crippen molar-refractivity contribution in [1.82, 2.24) is 0 Å². The molecule has 0 aromatic rings. The topological polar surface area (TPSA) is 144 Å². The van der Waals surface area contributed by atoms with E-state index in [0.717, 1.165) is 51.4 Å². The number of carbonyl (C=O) groups is 4. The van der Waals surface area contributed by atoms with E-state index in [1.54, 1.807) is 5.57 Å². The van der Waals surface area contributed by atoms with Crippen molar-refractivity contribution < 1.29 is 52.7 Å². The summed E-state index contributed by atoms with van der Waals surface area (Å²) in [5.41, 5.74) is 1.76. The van der Waals surface area contributed by atoms with Crippen LogP contribution in [-0.4, -0.2) is 79.5 Å². The van der Waals surface area contributed by atoms with Gasteiger partial charge in [-0.25, -0.2) is 4.79 Å². The number of hydrogen-bond donors (Lipinski definition) is 1. The number of aliphatic hydroxyl groups excluding tert-OH is 1. The molecule has 4 saturated carbocycles. The summed E-state index contributed by atoms with van der Waals surface area (Å²) in [6, 6.07) is 0. The second-order valence-electron chi connectivity index (χ2n) is 19.9. The molecule has 6 aliphatic rings. The molecule has 0 aromatic carbocycles. The van der Waals surface area contributed by atoms with Gasteiger partial charge in [0.1, 0.15) is 6.10 Å². The zero-order chi connectivity index (χ0) is 39.8. The maximum absolute atomic E-state index is 12.9. The molecule has 11 nitrogen and oxygen atoms in total. The zero-order valence-corrected chi connectivity index (χ0v) is 34.6. The third-order valence-corrected chi connectivity index (χ3v) is 16.3. The van der Waals surface area contributed by atoms with Crippen molar-refractivity contribution in [3.63, 3.8) is 0 Å². The molecule has 1 heterocycles. The predicted octanol–water partition coefficient (Wildman–Crippen LogP) is 6.86. The number of ether oxygens (including phenoxy) is 6. The highest BCUT2D eigenvalue weighted by molar-refractivity contribution is 5.77. The molecule has 0 bridgehead atoms. The molecule has 1 N–H and O–H groups in total. The minimum Gasteiger partial charge on any atom is -0.467 e. The Kier molecular flexibility index (Phi) is 10.8. The second kappa shape index (κ2) is 14.2. The first-order chi connectivity index (χ1) is 25.0. The van der Waals surface area contributed by atoms with Gasteiger partial charge in [0.2, 0.25) is 0 Å². The fourth-order valence-corrected chi connectivity index (χ4v) is 13.1. The molecular formula is C43H66O11. The van der Waals surface area contributed by atoms with Crippen molar-refractivity contribution in [2.24, 2.45) is 50.2 Å². The number of rotatable bonds is 7. The summed E-state index contributed by atoms with van der Waals surface area (Å²) in [6.07, 6.45) is 5.70. The van der Waals surface area contributed by atoms with Gasteiger partial charge in [-0.2, -0.15) is 0 Å². The van der Waals surface area contributed by atoms with Gasteiger partial charge in [-0.1, -0.05) is 60.1 Å². The van der Waals surface area contributed by atoms with Gasteiger partial charge in [-0.15, -0.1) is 0 Å². The fraction of sp³-hybridized carbons (Fsp3) is 0.860. The van der Waals surface area contributed by atoms with Crippen LogP contribution in [0.4, 0.5) is 0 Å². The summed E-state index contributed by atoms with van der Waals surface area (Å²) in [7, 11) is 1.19. The van der Waals surface area contributed by atoms with Crippen LogP contribution in [0.5, 0.6) is 0 Å². The van der Waals surface area contributed by atoms with Crippen LogP contribution in [0.25, 0.3) is 0 Å². The normalized spacial score (nSPS) is 46.6. The van der Waals surface area contributed by atoms with Crippen molar-refractivity contribution in [3.05, 3.63) is 11.6 Å². The van der Waals surface area contributed by atoms with E-state index >= 15 is 0 Å². The van der Waals surface area contributed by atoms with Gasteiger partial charge < -0.3 is 33.5 Å². The lowest BCUT2D eigenvalue weighted by Crippen LogP contribution is -2.66. The maximum Gasteiger partial charge on any atom is 0.339 e. The molecule has 54 heavy (non-hydrogen) atoms. The zero-order valence-electron chi connectivity index (χ0n) is 34.6. The molecule has 0 radical (unpaired) electrons. The quantitative estimate of drug-likeness (QED) is 0.126. The van der Waals surface area contributed by atoms with E-state index in [1.807, 2.05) is 0 Å². The molecule has 0 spiro atoms. The van der Waals surface area contributed by atoms with E-state index in [2.05, 4.69) is 54.5 Å². The van der Waals surface area contributed by atoms with Gasteiger partial charge in [-0.05, 0) is 109 Å². The number of carbonyl (C=O) groups excluding carboxylic acids is 4. The first-order valence-corrected chi connectivity index (χ1v) is 20.3. The molecule has 304 valence electrons. The Hall–Kier alpha value is -2.50. The lowest BCUT2D eigenvalue weighted by atomic mass is 9.33. The lowest BCUT2D eigenvalue weighted by molar-refractivity contribution is -0.326. The van der Waals surface area contributed by atoms with Crippen LogP contribution in [0.3, 0.4) is 0 Å². The van der Waals surface area contributed by atoms with Gasteiger partial charge in [-0.3, -0.25) is 14.4 Å². The molecule has 0 unspecified atom stereocenters. The highest BCUT2D eigenvalue weighted by atomic mass is 16.7. The van der Waals surface area contributed by atoms with Crippen LogP contribution in [0.15, 0.2) is 11.6 Å². The number of allylic oxidation sites excluding steroid dienone is 2. The molecule has 0 aromatic heterocycles. The molecule has 14 atom stereocenters. The number of esters is 4. The first-order valence-electron chi connectivity index (χ1n) is 20.3. The van der Waals surface area contributed by atoms with Gasteiger partial charge >= 0.3 is 23.9 Å². The highest BCUT2D eigenvalue weighted by Gasteiger charge is 2.68. The Bertz CT molecular complexity index is 1540. The summed E-state index contributed by atoms with van der Waals surface area (Å²) >= 11 is 0. The van der Waals surface area contributed by atoms with E-state index in [0.29, 0.717) is 24.4 Å². The van der Waals surface area contributed by atoms with Gasteiger partial charge in [0, 0.05) is 26.2 Å². The molecule has 0 amide bonds. The summed E-state index contributed by atoms with van der Waals surface area (Å²) < 4.78 is 34.1. The number of methoxy groups -OCH3 is 1. The Morgan fingerprint density at radius 1 is 0.815 bits per heavy atom. The molecule has 5 fully saturated rings. The average Bonchev–Trinajstić information content (AvgIpc) is 3.08. The van der Waals surface area contributed by atoms with E-state index in [-0.39, 0.29) is 44.6 Å². The van der Waals surface area contributed by atoms with Crippen LogP contribution in [0, 0.1) is 50.2 Å². The Balaban J connectivity index is 1.26. The minimum atomic E-state index is -1.52. The van der Waals surface area contributed by atoms with Crippen molar-refractivity contribution in [2.75, 3.05) is 13.7 Å². The van der Waals surface area contributed by atoms with Crippen molar-refractivity contribution >= 4 is 23.9 Å². The van der Waals surface area contributed by atoms with E-state index in [9.17, 15) is 24.3 Å². The maximum atomic E-state index is 12.9. The Morgan fingerprint density at radius 2 is 1.46 bits per heavy atom. The largest absolute Gasteiger partial charge is 0.467 e. The van der Waals surface area contributed by atoms with Crippen LogP contribution in [0.2, 0.25) is 0 Å². The molecule has 5 aliphatic carbocycles. The molecular weight excluding hydrogens is 692 g/mol. The number of fused-ring (bicyclic) bond motifs is 7. The van der Waals surface area contributed by atoms with E-state index in [4.69, 9.17) is 28.4 Å². The SMILES string of the molecule is COC(=O)[C@H]1O[C@H](O[C@H]2CC[C@]3(C)[C@H]4CC=C5[C@@H]6C[C@@](C)(COC(C)=O)CC[C@]6(C)CC[C@@]5(C)[C@]4(C)CC[C@H]3C2(C)C)[C@H](O)[C@@H](OC(C)=O)[C@@H]1OC(C)=O. The first kappa shape index (κ1) is 41.1. The van der Waals surface area contributed by atoms with Crippen LogP contribution >= 0.6 is 0 Å². The predicted molar refractivity (Wildman–Crippen MR) is 198 cm³/mol. The Morgan fingerprint density at radius 3 is 2.09 bits per heavy atom. The fourth-order valence-electron chi connectivity index (χ4n) is 13.1. The molecule has 1 aliphatic heterocycles. The molecule has 1 saturated heterocycles. The summed E-state index contributed by atoms with van der Waals surface area (Å²) in [6.45, 7) is 21.3. The summed E-state index contributed by atoms with van der Waals surface area (Å²) in [5.74, 6) is -1.21.